The van der Waals surface area contributed by atoms with E-state index in [4.69, 9.17) is 0 Å². The van der Waals surface area contributed by atoms with E-state index < -0.39 is 0 Å². The highest BCUT2D eigenvalue weighted by molar-refractivity contribution is 5.77. The molecule has 2 nitrogen and oxygen atoms in total. The van der Waals surface area contributed by atoms with Crippen LogP contribution in [0.5, 0.6) is 0 Å². The Balaban J connectivity index is 3.55. The van der Waals surface area contributed by atoms with Crippen molar-refractivity contribution in [3.8, 4) is 0 Å². The summed E-state index contributed by atoms with van der Waals surface area (Å²) in [4.78, 5) is 0. The zero-order valence-corrected chi connectivity index (χ0v) is 6.67. The molecule has 0 aliphatic rings. The Kier molecular flexibility index (Phi) is 5.63. The monoisotopic (exact) mass is 138 g/mol. The predicted molar refractivity (Wildman–Crippen MR) is 46.7 cm³/mol. The van der Waals surface area contributed by atoms with Gasteiger partial charge in [0.2, 0.25) is 0 Å². The van der Waals surface area contributed by atoms with Gasteiger partial charge in [0.05, 0.1) is 6.21 Å². The van der Waals surface area contributed by atoms with Crippen molar-refractivity contribution < 1.29 is 0 Å². The van der Waals surface area contributed by atoms with Crippen LogP contribution in [0, 0.1) is 0 Å². The highest BCUT2D eigenvalue weighted by atomic mass is 15.2. The first kappa shape index (κ1) is 9.08. The van der Waals surface area contributed by atoms with E-state index >= 15 is 0 Å². The molecular weight excluding hydrogens is 124 g/mol. The molecule has 0 aliphatic heterocycles. The second-order valence-electron chi connectivity index (χ2n) is 1.96. The summed E-state index contributed by atoms with van der Waals surface area (Å²) < 4.78 is 0. The third kappa shape index (κ3) is 5.22. The van der Waals surface area contributed by atoms with Gasteiger partial charge in [-0.1, -0.05) is 20.4 Å². The fourth-order valence-electron chi connectivity index (χ4n) is 0.335. The minimum atomic E-state index is 0.927. The summed E-state index contributed by atoms with van der Waals surface area (Å²) in [6, 6.07) is 0. The molecule has 0 aliphatic carbocycles. The van der Waals surface area contributed by atoms with Crippen molar-refractivity contribution in [2.75, 3.05) is 0 Å². The first-order valence-corrected chi connectivity index (χ1v) is 3.53. The van der Waals surface area contributed by atoms with Gasteiger partial charge < -0.3 is 0 Å². The van der Waals surface area contributed by atoms with Gasteiger partial charge in [0, 0.05) is 6.21 Å². The molecule has 0 bridgehead atoms. The molecular formula is C8H14N2. The molecule has 10 heavy (non-hydrogen) atoms. The Morgan fingerprint density at radius 1 is 1.40 bits per heavy atom. The lowest BCUT2D eigenvalue weighted by Crippen LogP contribution is -1.77. The highest BCUT2D eigenvalue weighted by Crippen LogP contribution is 1.90. The third-order valence-electron chi connectivity index (χ3n) is 1.03. The topological polar surface area (TPSA) is 24.7 Å². The van der Waals surface area contributed by atoms with Crippen LogP contribution in [0.15, 0.2) is 22.4 Å². The van der Waals surface area contributed by atoms with Crippen LogP contribution < -0.4 is 0 Å². The van der Waals surface area contributed by atoms with Gasteiger partial charge in [-0.15, -0.1) is 0 Å². The largest absolute Gasteiger partial charge is 0.164 e. The second kappa shape index (κ2) is 6.20. The molecule has 0 radical (unpaired) electrons. The molecule has 0 saturated heterocycles. The van der Waals surface area contributed by atoms with Gasteiger partial charge in [0.25, 0.3) is 0 Å². The first-order valence-electron chi connectivity index (χ1n) is 3.53. The number of nitrogens with zero attached hydrogens (tertiary/aromatic N) is 2. The molecule has 0 aromatic rings. The van der Waals surface area contributed by atoms with Crippen molar-refractivity contribution in [3.63, 3.8) is 0 Å². The molecule has 0 N–H and O–H groups in total. The number of allylic oxidation sites excluding steroid dienone is 1. The van der Waals surface area contributed by atoms with E-state index in [9.17, 15) is 0 Å². The van der Waals surface area contributed by atoms with Crippen LogP contribution in [0.25, 0.3) is 0 Å². The van der Waals surface area contributed by atoms with Crippen LogP contribution in [-0.4, -0.2) is 12.4 Å². The molecule has 56 valence electrons. The molecule has 0 aromatic heterocycles. The summed E-state index contributed by atoms with van der Waals surface area (Å²) in [5.41, 5.74) is 1.01. The molecule has 0 fully saturated rings. The lowest BCUT2D eigenvalue weighted by atomic mass is 10.3. The van der Waals surface area contributed by atoms with Gasteiger partial charge in [-0.3, -0.25) is 0 Å². The second-order valence-corrected chi connectivity index (χ2v) is 1.96. The maximum absolute atomic E-state index is 3.78. The van der Waals surface area contributed by atoms with Crippen molar-refractivity contribution in [1.29, 1.82) is 0 Å². The summed E-state index contributed by atoms with van der Waals surface area (Å²) in [7, 11) is 0. The maximum atomic E-state index is 3.78. The summed E-state index contributed by atoms with van der Waals surface area (Å²) in [6.07, 6.45) is 5.31. The van der Waals surface area contributed by atoms with E-state index in [1.165, 1.54) is 0 Å². The van der Waals surface area contributed by atoms with E-state index in [-0.39, 0.29) is 0 Å². The van der Waals surface area contributed by atoms with Crippen LogP contribution in [0.4, 0.5) is 0 Å². The Labute approximate surface area is 62.4 Å². The van der Waals surface area contributed by atoms with Crippen molar-refractivity contribution in [3.05, 3.63) is 12.2 Å². The van der Waals surface area contributed by atoms with Crippen molar-refractivity contribution >= 4 is 12.4 Å². The minimum Gasteiger partial charge on any atom is -0.164 e. The number of hydrogen-bond donors (Lipinski definition) is 0. The van der Waals surface area contributed by atoms with Crippen molar-refractivity contribution in [2.45, 2.75) is 26.7 Å². The molecule has 0 rings (SSSR count). The maximum Gasteiger partial charge on any atom is 0.0521 e. The van der Waals surface area contributed by atoms with E-state index in [1.807, 2.05) is 13.8 Å². The zero-order chi connectivity index (χ0) is 7.82. The molecule has 0 atom stereocenters. The Bertz CT molecular complexity index is 145. The van der Waals surface area contributed by atoms with E-state index in [0.717, 1.165) is 18.4 Å². The summed E-state index contributed by atoms with van der Waals surface area (Å²) >= 11 is 0. The van der Waals surface area contributed by atoms with Crippen molar-refractivity contribution in [2.24, 2.45) is 10.2 Å². The zero-order valence-electron chi connectivity index (χ0n) is 6.67. The summed E-state index contributed by atoms with van der Waals surface area (Å²) in [6.45, 7) is 7.81. The Hall–Kier alpha value is -0.920. The lowest BCUT2D eigenvalue weighted by molar-refractivity contribution is 1.16. The predicted octanol–water partition coefficient (Wildman–Crippen LogP) is 2.42. The average Bonchev–Trinajstić information content (AvgIpc) is 1.98. The van der Waals surface area contributed by atoms with E-state index in [1.54, 1.807) is 12.4 Å². The first-order chi connectivity index (χ1) is 4.81. The molecule has 0 spiro atoms. The smallest absolute Gasteiger partial charge is 0.0521 e. The molecule has 0 unspecified atom stereocenters. The molecule has 0 heterocycles. The third-order valence-corrected chi connectivity index (χ3v) is 1.03. The molecule has 0 amide bonds. The van der Waals surface area contributed by atoms with Gasteiger partial charge in [-0.25, -0.2) is 0 Å². The van der Waals surface area contributed by atoms with Crippen LogP contribution >= 0.6 is 0 Å². The quantitative estimate of drug-likeness (QED) is 0.421. The van der Waals surface area contributed by atoms with Gasteiger partial charge in [-0.2, -0.15) is 10.2 Å². The fraction of sp³-hybridized carbons (Fsp3) is 0.500. The van der Waals surface area contributed by atoms with Gasteiger partial charge in [-0.05, 0) is 18.4 Å². The van der Waals surface area contributed by atoms with Gasteiger partial charge in [0.1, 0.15) is 0 Å². The van der Waals surface area contributed by atoms with Crippen LogP contribution in [0.2, 0.25) is 0 Å². The van der Waals surface area contributed by atoms with Crippen LogP contribution in [0.3, 0.4) is 0 Å². The lowest BCUT2D eigenvalue weighted by Gasteiger charge is -1.85. The van der Waals surface area contributed by atoms with E-state index in [2.05, 4.69) is 16.8 Å². The SMILES string of the molecule is C=C(/C=N\N=C/CC)CC. The normalized spacial score (nSPS) is 11.4. The standard InChI is InChI=1S/C8H14N2/c1-4-6-9-10-7-8(3)5-2/h6-7H,3-5H2,1-2H3/b9-6-,10-7-. The number of rotatable bonds is 4. The van der Waals surface area contributed by atoms with Gasteiger partial charge in [0.15, 0.2) is 0 Å². The van der Waals surface area contributed by atoms with E-state index in [0.29, 0.717) is 0 Å². The average molecular weight is 138 g/mol. The summed E-state index contributed by atoms with van der Waals surface area (Å²) in [5.74, 6) is 0. The van der Waals surface area contributed by atoms with Crippen LogP contribution in [0.1, 0.15) is 26.7 Å². The van der Waals surface area contributed by atoms with Crippen molar-refractivity contribution in [1.82, 2.24) is 0 Å². The Morgan fingerprint density at radius 2 is 2.10 bits per heavy atom. The fourth-order valence-corrected chi connectivity index (χ4v) is 0.335. The number of hydrogen-bond acceptors (Lipinski definition) is 2. The van der Waals surface area contributed by atoms with Gasteiger partial charge >= 0.3 is 0 Å². The minimum absolute atomic E-state index is 0.927. The summed E-state index contributed by atoms with van der Waals surface area (Å²) in [5, 5.41) is 7.54. The molecule has 0 aromatic carbocycles. The van der Waals surface area contributed by atoms with Crippen LogP contribution in [-0.2, 0) is 0 Å². The molecule has 0 saturated carbocycles. The highest BCUT2D eigenvalue weighted by Gasteiger charge is 1.78. The Morgan fingerprint density at radius 3 is 2.60 bits per heavy atom. The molecule has 2 heteroatoms.